The summed E-state index contributed by atoms with van der Waals surface area (Å²) in [6, 6.07) is 9.10. The molecule has 2 heterocycles. The van der Waals surface area contributed by atoms with Gasteiger partial charge in [-0.2, -0.15) is 4.52 Å². The zero-order valence-corrected chi connectivity index (χ0v) is 13.9. The second-order valence-electron chi connectivity index (χ2n) is 6.64. The SMILES string of the molecule is O=C(O)C1(CNc2ccc3nnc(-c4ccccc4F)n3n2)CC(F)(F)C1. The summed E-state index contributed by atoms with van der Waals surface area (Å²) in [6.45, 7) is -0.201. The van der Waals surface area contributed by atoms with Gasteiger partial charge in [0.1, 0.15) is 11.6 Å². The maximum atomic E-state index is 14.0. The fourth-order valence-electron chi connectivity index (χ4n) is 3.24. The van der Waals surface area contributed by atoms with Crippen molar-refractivity contribution in [3.05, 3.63) is 42.2 Å². The van der Waals surface area contributed by atoms with E-state index in [1.165, 1.54) is 22.7 Å². The van der Waals surface area contributed by atoms with Crippen LogP contribution in [0.1, 0.15) is 12.8 Å². The minimum Gasteiger partial charge on any atom is -0.481 e. The van der Waals surface area contributed by atoms with Crippen LogP contribution >= 0.6 is 0 Å². The lowest BCUT2D eigenvalue weighted by Gasteiger charge is -2.43. The van der Waals surface area contributed by atoms with Crippen molar-refractivity contribution >= 4 is 17.4 Å². The molecule has 0 spiro atoms. The maximum absolute atomic E-state index is 14.0. The van der Waals surface area contributed by atoms with Gasteiger partial charge in [-0.25, -0.2) is 13.2 Å². The minimum absolute atomic E-state index is 0.176. The van der Waals surface area contributed by atoms with Crippen molar-refractivity contribution in [3.8, 4) is 11.4 Å². The number of rotatable bonds is 5. The van der Waals surface area contributed by atoms with Crippen LogP contribution in [0.15, 0.2) is 36.4 Å². The molecule has 1 saturated carbocycles. The van der Waals surface area contributed by atoms with Crippen LogP contribution in [0.5, 0.6) is 0 Å². The molecule has 0 saturated heterocycles. The molecule has 2 N–H and O–H groups in total. The van der Waals surface area contributed by atoms with Gasteiger partial charge in [-0.3, -0.25) is 4.79 Å². The smallest absolute Gasteiger partial charge is 0.311 e. The summed E-state index contributed by atoms with van der Waals surface area (Å²) in [5.41, 5.74) is -0.973. The van der Waals surface area contributed by atoms with E-state index in [-0.39, 0.29) is 23.8 Å². The molecule has 2 aromatic heterocycles. The first-order valence-corrected chi connectivity index (χ1v) is 8.12. The van der Waals surface area contributed by atoms with E-state index in [2.05, 4.69) is 20.6 Å². The first kappa shape index (κ1) is 17.3. The maximum Gasteiger partial charge on any atom is 0.311 e. The number of alkyl halides is 2. The highest BCUT2D eigenvalue weighted by Gasteiger charge is 2.61. The summed E-state index contributed by atoms with van der Waals surface area (Å²) in [7, 11) is 0. The minimum atomic E-state index is -2.97. The lowest BCUT2D eigenvalue weighted by molar-refractivity contribution is -0.190. The van der Waals surface area contributed by atoms with Crippen LogP contribution in [0.2, 0.25) is 0 Å². The van der Waals surface area contributed by atoms with Crippen molar-refractivity contribution in [2.24, 2.45) is 5.41 Å². The number of fused-ring (bicyclic) bond motifs is 1. The Kier molecular flexibility index (Phi) is 3.79. The van der Waals surface area contributed by atoms with Gasteiger partial charge in [0.2, 0.25) is 0 Å². The number of hydrogen-bond donors (Lipinski definition) is 2. The second kappa shape index (κ2) is 5.93. The van der Waals surface area contributed by atoms with Crippen LogP contribution in [0, 0.1) is 11.2 Å². The normalized spacial score (nSPS) is 17.4. The van der Waals surface area contributed by atoms with Gasteiger partial charge in [0, 0.05) is 19.4 Å². The Morgan fingerprint density at radius 3 is 2.59 bits per heavy atom. The highest BCUT2D eigenvalue weighted by molar-refractivity contribution is 5.77. The molecule has 0 amide bonds. The first-order valence-electron chi connectivity index (χ1n) is 8.12. The lowest BCUT2D eigenvalue weighted by Crippen LogP contribution is -2.54. The molecule has 10 heteroatoms. The number of anilines is 1. The van der Waals surface area contributed by atoms with Crippen molar-refractivity contribution in [2.45, 2.75) is 18.8 Å². The van der Waals surface area contributed by atoms with Crippen LogP contribution in [0.4, 0.5) is 19.0 Å². The van der Waals surface area contributed by atoms with Crippen LogP contribution in [-0.2, 0) is 4.79 Å². The van der Waals surface area contributed by atoms with Crippen LogP contribution in [0.25, 0.3) is 17.0 Å². The number of carboxylic acids is 1. The number of nitrogens with one attached hydrogen (secondary N) is 1. The van der Waals surface area contributed by atoms with Crippen molar-refractivity contribution in [2.75, 3.05) is 11.9 Å². The van der Waals surface area contributed by atoms with Gasteiger partial charge in [0.05, 0.1) is 11.0 Å². The molecule has 3 aromatic rings. The molecule has 4 rings (SSSR count). The van der Waals surface area contributed by atoms with E-state index in [1.807, 2.05) is 0 Å². The molecule has 0 aliphatic heterocycles. The molecule has 0 bridgehead atoms. The Labute approximate surface area is 150 Å². The summed E-state index contributed by atoms with van der Waals surface area (Å²) in [5.74, 6) is -4.32. The molecule has 0 radical (unpaired) electrons. The van der Waals surface area contributed by atoms with E-state index in [9.17, 15) is 23.1 Å². The molecular formula is C17H14F3N5O2. The summed E-state index contributed by atoms with van der Waals surface area (Å²) >= 11 is 0. The highest BCUT2D eigenvalue weighted by atomic mass is 19.3. The van der Waals surface area contributed by atoms with Gasteiger partial charge in [-0.1, -0.05) is 12.1 Å². The third-order valence-corrected chi connectivity index (χ3v) is 4.63. The predicted octanol–water partition coefficient (Wildman–Crippen LogP) is 2.84. The summed E-state index contributed by atoms with van der Waals surface area (Å²) in [6.07, 6.45) is -1.45. The Bertz CT molecular complexity index is 1030. The third-order valence-electron chi connectivity index (χ3n) is 4.63. The molecule has 0 atom stereocenters. The number of carboxylic acid groups (broad SMARTS) is 1. The quantitative estimate of drug-likeness (QED) is 0.710. The van der Waals surface area contributed by atoms with E-state index in [1.54, 1.807) is 18.2 Å². The van der Waals surface area contributed by atoms with Gasteiger partial charge in [-0.15, -0.1) is 15.3 Å². The number of carbonyl (C=O) groups is 1. The van der Waals surface area contributed by atoms with E-state index in [0.717, 1.165) is 0 Å². The number of aromatic nitrogens is 4. The molecule has 1 aliphatic carbocycles. The molecule has 27 heavy (non-hydrogen) atoms. The van der Waals surface area contributed by atoms with E-state index < -0.39 is 36.0 Å². The van der Waals surface area contributed by atoms with Gasteiger partial charge >= 0.3 is 5.97 Å². The van der Waals surface area contributed by atoms with Gasteiger partial charge in [0.25, 0.3) is 5.92 Å². The zero-order valence-electron chi connectivity index (χ0n) is 13.9. The third kappa shape index (κ3) is 2.96. The zero-order chi connectivity index (χ0) is 19.2. The standard InChI is InChI=1S/C17H14F3N5O2/c18-11-4-2-1-3-10(11)14-23-22-13-6-5-12(24-25(13)14)21-9-16(15(26)27)7-17(19,20)8-16/h1-6H,7-9H2,(H,21,24)(H,26,27). The average Bonchev–Trinajstić information content (AvgIpc) is 3.01. The Hall–Kier alpha value is -3.17. The van der Waals surface area contributed by atoms with Gasteiger partial charge < -0.3 is 10.4 Å². The van der Waals surface area contributed by atoms with Crippen LogP contribution in [0.3, 0.4) is 0 Å². The summed E-state index contributed by atoms with van der Waals surface area (Å²) in [4.78, 5) is 11.4. The fourth-order valence-corrected chi connectivity index (χ4v) is 3.24. The molecule has 1 fully saturated rings. The number of halogens is 3. The largest absolute Gasteiger partial charge is 0.481 e. The monoisotopic (exact) mass is 377 g/mol. The Morgan fingerprint density at radius 1 is 1.19 bits per heavy atom. The first-order chi connectivity index (χ1) is 12.8. The molecular weight excluding hydrogens is 363 g/mol. The average molecular weight is 377 g/mol. The van der Waals surface area contributed by atoms with Crippen molar-refractivity contribution in [1.82, 2.24) is 19.8 Å². The number of aliphatic carboxylic acids is 1. The van der Waals surface area contributed by atoms with Gasteiger partial charge in [-0.05, 0) is 24.3 Å². The van der Waals surface area contributed by atoms with Crippen molar-refractivity contribution in [1.29, 1.82) is 0 Å². The fraction of sp³-hybridized carbons (Fsp3) is 0.294. The highest BCUT2D eigenvalue weighted by Crippen LogP contribution is 2.52. The lowest BCUT2D eigenvalue weighted by atomic mass is 9.66. The molecule has 1 aromatic carbocycles. The van der Waals surface area contributed by atoms with Crippen molar-refractivity contribution < 1.29 is 23.1 Å². The second-order valence-corrected chi connectivity index (χ2v) is 6.64. The molecule has 140 valence electrons. The van der Waals surface area contributed by atoms with E-state index in [0.29, 0.717) is 5.65 Å². The molecule has 1 aliphatic rings. The molecule has 0 unspecified atom stereocenters. The van der Waals surface area contributed by atoms with Gasteiger partial charge in [0.15, 0.2) is 11.5 Å². The number of nitrogens with zero attached hydrogens (tertiary/aromatic N) is 4. The summed E-state index contributed by atoms with van der Waals surface area (Å²) < 4.78 is 41.8. The van der Waals surface area contributed by atoms with E-state index in [4.69, 9.17) is 0 Å². The van der Waals surface area contributed by atoms with E-state index >= 15 is 0 Å². The summed E-state index contributed by atoms with van der Waals surface area (Å²) in [5, 5.41) is 24.2. The predicted molar refractivity (Wildman–Crippen MR) is 88.9 cm³/mol. The topological polar surface area (TPSA) is 92.4 Å². The number of benzene rings is 1. The number of hydrogen-bond acceptors (Lipinski definition) is 5. The van der Waals surface area contributed by atoms with Crippen LogP contribution < -0.4 is 5.32 Å². The molecule has 7 nitrogen and oxygen atoms in total. The Morgan fingerprint density at radius 2 is 1.93 bits per heavy atom. The Balaban J connectivity index is 1.62. The van der Waals surface area contributed by atoms with Crippen molar-refractivity contribution in [3.63, 3.8) is 0 Å². The van der Waals surface area contributed by atoms with Crippen LogP contribution in [-0.4, -0.2) is 43.4 Å².